The molecule has 0 aliphatic heterocycles. The van der Waals surface area contributed by atoms with Crippen LogP contribution in [0.2, 0.25) is 0 Å². The Kier molecular flexibility index (Phi) is 4.42. The van der Waals surface area contributed by atoms with Crippen LogP contribution in [0.1, 0.15) is 37.7 Å². The second-order valence-corrected chi connectivity index (χ2v) is 5.86. The van der Waals surface area contributed by atoms with Gasteiger partial charge in [-0.1, -0.05) is 36.8 Å². The van der Waals surface area contributed by atoms with Crippen molar-refractivity contribution in [1.29, 1.82) is 0 Å². The van der Waals surface area contributed by atoms with E-state index >= 15 is 0 Å². The number of carbonyl (C=O) groups is 2. The molecule has 1 aliphatic rings. The van der Waals surface area contributed by atoms with Crippen molar-refractivity contribution in [3.05, 3.63) is 35.9 Å². The summed E-state index contributed by atoms with van der Waals surface area (Å²) < 4.78 is 0. The van der Waals surface area contributed by atoms with Crippen molar-refractivity contribution in [1.82, 2.24) is 0 Å². The summed E-state index contributed by atoms with van der Waals surface area (Å²) in [6, 6.07) is 9.75. The van der Waals surface area contributed by atoms with Gasteiger partial charge >= 0.3 is 11.9 Å². The van der Waals surface area contributed by atoms with E-state index in [1.807, 2.05) is 30.3 Å². The number of aliphatic carboxylic acids is 2. The smallest absolute Gasteiger partial charge is 0.306 e. The monoisotopic (exact) mass is 276 g/mol. The molecule has 0 radical (unpaired) electrons. The van der Waals surface area contributed by atoms with Crippen molar-refractivity contribution in [2.45, 2.75) is 38.5 Å². The van der Waals surface area contributed by atoms with E-state index in [1.54, 1.807) is 0 Å². The highest BCUT2D eigenvalue weighted by molar-refractivity contribution is 5.71. The van der Waals surface area contributed by atoms with E-state index in [0.29, 0.717) is 19.3 Å². The van der Waals surface area contributed by atoms with Gasteiger partial charge in [0.05, 0.1) is 12.3 Å². The fourth-order valence-corrected chi connectivity index (χ4v) is 3.39. The van der Waals surface area contributed by atoms with E-state index in [0.717, 1.165) is 18.4 Å². The fourth-order valence-electron chi connectivity index (χ4n) is 3.39. The molecule has 2 N–H and O–H groups in total. The average molecular weight is 276 g/mol. The zero-order valence-corrected chi connectivity index (χ0v) is 11.4. The lowest BCUT2D eigenvalue weighted by atomic mass is 9.65. The molecule has 0 spiro atoms. The van der Waals surface area contributed by atoms with Crippen LogP contribution in [0.4, 0.5) is 0 Å². The predicted octanol–water partition coefficient (Wildman–Crippen LogP) is 2.97. The Bertz CT molecular complexity index is 483. The van der Waals surface area contributed by atoms with Crippen LogP contribution in [0.3, 0.4) is 0 Å². The second-order valence-electron chi connectivity index (χ2n) is 5.86. The largest absolute Gasteiger partial charge is 0.481 e. The Morgan fingerprint density at radius 3 is 2.50 bits per heavy atom. The molecule has 1 aromatic rings. The summed E-state index contributed by atoms with van der Waals surface area (Å²) in [6.45, 7) is 0. The van der Waals surface area contributed by atoms with Gasteiger partial charge in [0.1, 0.15) is 0 Å². The van der Waals surface area contributed by atoms with Gasteiger partial charge in [0, 0.05) is 0 Å². The van der Waals surface area contributed by atoms with Crippen LogP contribution in [0.5, 0.6) is 0 Å². The molecular formula is C16H20O4. The van der Waals surface area contributed by atoms with E-state index in [9.17, 15) is 19.8 Å². The lowest BCUT2D eigenvalue weighted by molar-refractivity contribution is -0.148. The summed E-state index contributed by atoms with van der Waals surface area (Å²) in [7, 11) is 0. The van der Waals surface area contributed by atoms with E-state index in [4.69, 9.17) is 0 Å². The number of hydrogen-bond donors (Lipinski definition) is 2. The zero-order chi connectivity index (χ0) is 14.6. The van der Waals surface area contributed by atoms with Crippen LogP contribution in [-0.2, 0) is 16.0 Å². The molecule has 0 aromatic heterocycles. The number of carboxylic acid groups (broad SMARTS) is 2. The van der Waals surface area contributed by atoms with Crippen molar-refractivity contribution in [3.8, 4) is 0 Å². The highest BCUT2D eigenvalue weighted by atomic mass is 16.4. The Labute approximate surface area is 118 Å². The van der Waals surface area contributed by atoms with Gasteiger partial charge in [0.15, 0.2) is 0 Å². The first-order valence-corrected chi connectivity index (χ1v) is 6.99. The van der Waals surface area contributed by atoms with Crippen LogP contribution in [0.25, 0.3) is 0 Å². The Balaban J connectivity index is 2.21. The molecule has 0 amide bonds. The third kappa shape index (κ3) is 3.59. The molecule has 20 heavy (non-hydrogen) atoms. The summed E-state index contributed by atoms with van der Waals surface area (Å²) in [5.74, 6) is -2.05. The van der Waals surface area contributed by atoms with Gasteiger partial charge in [-0.05, 0) is 36.7 Å². The maximum Gasteiger partial charge on any atom is 0.306 e. The summed E-state index contributed by atoms with van der Waals surface area (Å²) in [4.78, 5) is 22.4. The van der Waals surface area contributed by atoms with Gasteiger partial charge in [0.25, 0.3) is 0 Å². The first-order chi connectivity index (χ1) is 9.51. The molecule has 0 saturated heterocycles. The van der Waals surface area contributed by atoms with Crippen molar-refractivity contribution >= 4 is 11.9 Å². The molecule has 108 valence electrons. The molecule has 2 unspecified atom stereocenters. The maximum absolute atomic E-state index is 11.2. The molecule has 0 heterocycles. The highest BCUT2D eigenvalue weighted by Crippen LogP contribution is 2.44. The maximum atomic E-state index is 11.2. The molecule has 1 saturated carbocycles. The van der Waals surface area contributed by atoms with E-state index in [2.05, 4.69) is 0 Å². The molecule has 1 fully saturated rings. The van der Waals surface area contributed by atoms with Crippen LogP contribution >= 0.6 is 0 Å². The topological polar surface area (TPSA) is 74.6 Å². The van der Waals surface area contributed by atoms with Crippen molar-refractivity contribution in [3.63, 3.8) is 0 Å². The normalized spacial score (nSPS) is 26.1. The molecular weight excluding hydrogens is 256 g/mol. The third-order valence-electron chi connectivity index (χ3n) is 4.24. The lowest BCUT2D eigenvalue weighted by Crippen LogP contribution is -2.36. The van der Waals surface area contributed by atoms with Gasteiger partial charge in [-0.3, -0.25) is 9.59 Å². The van der Waals surface area contributed by atoms with Crippen molar-refractivity contribution in [2.75, 3.05) is 0 Å². The quantitative estimate of drug-likeness (QED) is 0.867. The first-order valence-electron chi connectivity index (χ1n) is 6.99. The van der Waals surface area contributed by atoms with Crippen LogP contribution < -0.4 is 0 Å². The second kappa shape index (κ2) is 6.07. The molecule has 1 aromatic carbocycles. The summed E-state index contributed by atoms with van der Waals surface area (Å²) in [5.41, 5.74) is 0.661. The van der Waals surface area contributed by atoms with Gasteiger partial charge < -0.3 is 10.2 Å². The molecule has 0 bridgehead atoms. The number of benzene rings is 1. The van der Waals surface area contributed by atoms with Crippen molar-refractivity contribution in [2.24, 2.45) is 11.3 Å². The Morgan fingerprint density at radius 1 is 1.20 bits per heavy atom. The average Bonchev–Trinajstić information content (AvgIpc) is 2.39. The summed E-state index contributed by atoms with van der Waals surface area (Å²) in [5, 5.41) is 18.4. The van der Waals surface area contributed by atoms with E-state index in [1.165, 1.54) is 0 Å². The van der Waals surface area contributed by atoms with E-state index < -0.39 is 23.3 Å². The predicted molar refractivity (Wildman–Crippen MR) is 74.4 cm³/mol. The highest BCUT2D eigenvalue weighted by Gasteiger charge is 2.40. The van der Waals surface area contributed by atoms with Crippen molar-refractivity contribution < 1.29 is 19.8 Å². The minimum atomic E-state index is -0.841. The number of rotatable bonds is 5. The fraction of sp³-hybridized carbons (Fsp3) is 0.500. The molecule has 4 nitrogen and oxygen atoms in total. The minimum absolute atomic E-state index is 0.0473. The summed E-state index contributed by atoms with van der Waals surface area (Å²) >= 11 is 0. The summed E-state index contributed by atoms with van der Waals surface area (Å²) in [6.07, 6.45) is 3.39. The molecule has 2 atom stereocenters. The minimum Gasteiger partial charge on any atom is -0.481 e. The Morgan fingerprint density at radius 2 is 1.90 bits per heavy atom. The molecule has 1 aliphatic carbocycles. The van der Waals surface area contributed by atoms with Crippen LogP contribution in [0, 0.1) is 11.3 Å². The molecule has 4 heteroatoms. The SMILES string of the molecule is O=C(O)CC1(Cc2ccccc2)CCCC(C(=O)O)C1. The zero-order valence-electron chi connectivity index (χ0n) is 11.4. The Hall–Kier alpha value is -1.84. The van der Waals surface area contributed by atoms with Gasteiger partial charge in [-0.2, -0.15) is 0 Å². The van der Waals surface area contributed by atoms with Gasteiger partial charge in [-0.25, -0.2) is 0 Å². The number of carboxylic acids is 2. The van der Waals surface area contributed by atoms with Crippen LogP contribution in [-0.4, -0.2) is 22.2 Å². The lowest BCUT2D eigenvalue weighted by Gasteiger charge is -2.39. The molecule has 2 rings (SSSR count). The standard InChI is InChI=1S/C16H20O4/c17-14(18)11-16(9-12-5-2-1-3-6-12)8-4-7-13(10-16)15(19)20/h1-3,5-6,13H,4,7-11H2,(H,17,18)(H,19,20). The van der Waals surface area contributed by atoms with Gasteiger partial charge in [0.2, 0.25) is 0 Å². The third-order valence-corrected chi connectivity index (χ3v) is 4.24. The van der Waals surface area contributed by atoms with Crippen LogP contribution in [0.15, 0.2) is 30.3 Å². The van der Waals surface area contributed by atoms with E-state index in [-0.39, 0.29) is 6.42 Å². The van der Waals surface area contributed by atoms with Gasteiger partial charge in [-0.15, -0.1) is 0 Å². The first kappa shape index (κ1) is 14.6. The number of hydrogen-bond acceptors (Lipinski definition) is 2.